The number of carbonyl (C=O) groups excluding carboxylic acids is 1. The Morgan fingerprint density at radius 1 is 1.09 bits per heavy atom. The molecular formula is C23H29N3O5S2. The summed E-state index contributed by atoms with van der Waals surface area (Å²) in [5.74, 6) is 0.918. The Bertz CT molecular complexity index is 1050. The third-order valence-corrected chi connectivity index (χ3v) is 7.14. The minimum absolute atomic E-state index is 0.112. The van der Waals surface area contributed by atoms with Gasteiger partial charge in [0.05, 0.1) is 24.7 Å². The molecule has 33 heavy (non-hydrogen) atoms. The van der Waals surface area contributed by atoms with Crippen molar-refractivity contribution in [1.82, 2.24) is 9.62 Å². The molecule has 0 unspecified atom stereocenters. The summed E-state index contributed by atoms with van der Waals surface area (Å²) >= 11 is 5.22. The number of amides is 1. The van der Waals surface area contributed by atoms with Gasteiger partial charge in [0.25, 0.3) is 5.91 Å². The Hall–Kier alpha value is -2.53. The highest BCUT2D eigenvalue weighted by molar-refractivity contribution is 7.89. The maximum absolute atomic E-state index is 12.7. The molecule has 3 rings (SSSR count). The zero-order chi connectivity index (χ0) is 23.8. The highest BCUT2D eigenvalue weighted by atomic mass is 32.2. The zero-order valence-electron chi connectivity index (χ0n) is 18.7. The maximum atomic E-state index is 12.7. The highest BCUT2D eigenvalue weighted by Crippen LogP contribution is 2.19. The van der Waals surface area contributed by atoms with Crippen LogP contribution in [0.15, 0.2) is 53.4 Å². The second-order valence-electron chi connectivity index (χ2n) is 8.00. The minimum Gasteiger partial charge on any atom is -0.494 e. The molecule has 0 spiro atoms. The first kappa shape index (κ1) is 25.1. The Morgan fingerprint density at radius 3 is 2.33 bits per heavy atom. The fourth-order valence-corrected chi connectivity index (χ4v) is 4.72. The molecule has 1 amide bonds. The molecule has 2 N–H and O–H groups in total. The largest absolute Gasteiger partial charge is 0.494 e. The lowest BCUT2D eigenvalue weighted by atomic mass is 10.1. The van der Waals surface area contributed by atoms with E-state index in [2.05, 4.69) is 24.5 Å². The second kappa shape index (κ2) is 11.6. The van der Waals surface area contributed by atoms with Crippen LogP contribution in [-0.2, 0) is 14.8 Å². The molecule has 1 aliphatic heterocycles. The Balaban J connectivity index is 1.52. The number of rotatable bonds is 8. The number of carbonyl (C=O) groups is 1. The van der Waals surface area contributed by atoms with Crippen molar-refractivity contribution in [1.29, 1.82) is 0 Å². The van der Waals surface area contributed by atoms with E-state index in [0.29, 0.717) is 55.8 Å². The predicted octanol–water partition coefficient (Wildman–Crippen LogP) is 3.26. The Kier molecular flexibility index (Phi) is 8.79. The topological polar surface area (TPSA) is 97.0 Å². The number of hydrogen-bond acceptors (Lipinski definition) is 6. The fourth-order valence-electron chi connectivity index (χ4n) is 3.10. The number of sulfonamides is 1. The molecule has 1 fully saturated rings. The lowest BCUT2D eigenvalue weighted by Crippen LogP contribution is -2.40. The van der Waals surface area contributed by atoms with Gasteiger partial charge in [0.2, 0.25) is 10.0 Å². The van der Waals surface area contributed by atoms with Crippen LogP contribution < -0.4 is 15.4 Å². The van der Waals surface area contributed by atoms with Crippen LogP contribution in [0.3, 0.4) is 0 Å². The molecule has 0 atom stereocenters. The van der Waals surface area contributed by atoms with Gasteiger partial charge >= 0.3 is 0 Å². The van der Waals surface area contributed by atoms with Gasteiger partial charge < -0.3 is 14.8 Å². The molecule has 0 aliphatic carbocycles. The van der Waals surface area contributed by atoms with Crippen LogP contribution in [0.2, 0.25) is 0 Å². The van der Waals surface area contributed by atoms with E-state index in [1.165, 1.54) is 16.4 Å². The first-order valence-corrected chi connectivity index (χ1v) is 12.6. The number of thiocarbonyl (C=S) groups is 1. The summed E-state index contributed by atoms with van der Waals surface area (Å²) in [4.78, 5) is 12.6. The van der Waals surface area contributed by atoms with Crippen molar-refractivity contribution in [3.63, 3.8) is 0 Å². The van der Waals surface area contributed by atoms with Crippen molar-refractivity contribution < 1.29 is 22.7 Å². The number of morpholine rings is 1. The number of anilines is 1. The first-order valence-electron chi connectivity index (χ1n) is 10.8. The van der Waals surface area contributed by atoms with E-state index in [4.69, 9.17) is 21.7 Å². The van der Waals surface area contributed by atoms with Gasteiger partial charge in [-0.25, -0.2) is 8.42 Å². The van der Waals surface area contributed by atoms with E-state index in [1.807, 2.05) is 0 Å². The Morgan fingerprint density at radius 2 is 1.73 bits per heavy atom. The number of benzene rings is 2. The van der Waals surface area contributed by atoms with E-state index >= 15 is 0 Å². The smallest absolute Gasteiger partial charge is 0.257 e. The third-order valence-electron chi connectivity index (χ3n) is 5.03. The monoisotopic (exact) mass is 491 g/mol. The van der Waals surface area contributed by atoms with Gasteiger partial charge in [-0.15, -0.1) is 0 Å². The van der Waals surface area contributed by atoms with E-state index in [1.54, 1.807) is 36.4 Å². The summed E-state index contributed by atoms with van der Waals surface area (Å²) in [5.41, 5.74) is 1.01. The summed E-state index contributed by atoms with van der Waals surface area (Å²) in [5, 5.41) is 5.63. The predicted molar refractivity (Wildman–Crippen MR) is 131 cm³/mol. The molecule has 178 valence electrons. The average Bonchev–Trinajstić information content (AvgIpc) is 2.80. The number of nitrogens with zero attached hydrogens (tertiary/aromatic N) is 1. The van der Waals surface area contributed by atoms with Crippen LogP contribution in [0.4, 0.5) is 5.69 Å². The van der Waals surface area contributed by atoms with Gasteiger partial charge in [0.1, 0.15) is 5.75 Å². The molecule has 2 aromatic carbocycles. The highest BCUT2D eigenvalue weighted by Gasteiger charge is 2.26. The van der Waals surface area contributed by atoms with Crippen LogP contribution in [0.1, 0.15) is 30.6 Å². The van der Waals surface area contributed by atoms with E-state index < -0.39 is 10.0 Å². The number of ether oxygens (including phenoxy) is 2. The molecule has 2 aromatic rings. The second-order valence-corrected chi connectivity index (χ2v) is 10.4. The normalized spacial score (nSPS) is 14.6. The van der Waals surface area contributed by atoms with Gasteiger partial charge in [0, 0.05) is 24.3 Å². The van der Waals surface area contributed by atoms with Gasteiger partial charge in [-0.1, -0.05) is 13.8 Å². The van der Waals surface area contributed by atoms with Gasteiger partial charge in [-0.05, 0) is 73.1 Å². The first-order chi connectivity index (χ1) is 15.8. The van der Waals surface area contributed by atoms with Gasteiger partial charge in [0.15, 0.2) is 5.11 Å². The number of nitrogens with one attached hydrogen (secondary N) is 2. The minimum atomic E-state index is -3.56. The van der Waals surface area contributed by atoms with Crippen molar-refractivity contribution in [2.45, 2.75) is 25.2 Å². The van der Waals surface area contributed by atoms with Crippen molar-refractivity contribution in [2.24, 2.45) is 5.92 Å². The molecule has 1 aliphatic rings. The summed E-state index contributed by atoms with van der Waals surface area (Å²) in [6.07, 6.45) is 0.961. The molecule has 0 aromatic heterocycles. The molecule has 1 heterocycles. The average molecular weight is 492 g/mol. The van der Waals surface area contributed by atoms with Gasteiger partial charge in [-0.3, -0.25) is 10.1 Å². The lowest BCUT2D eigenvalue weighted by Gasteiger charge is -2.26. The summed E-state index contributed by atoms with van der Waals surface area (Å²) in [6, 6.07) is 13.1. The van der Waals surface area contributed by atoms with Crippen LogP contribution in [-0.4, -0.2) is 56.7 Å². The summed E-state index contributed by atoms with van der Waals surface area (Å²) in [6.45, 7) is 6.35. The van der Waals surface area contributed by atoms with Crippen LogP contribution >= 0.6 is 12.2 Å². The third kappa shape index (κ3) is 7.23. The van der Waals surface area contributed by atoms with Gasteiger partial charge in [-0.2, -0.15) is 4.31 Å². The molecule has 1 saturated heterocycles. The quantitative estimate of drug-likeness (QED) is 0.547. The lowest BCUT2D eigenvalue weighted by molar-refractivity contribution is 0.0730. The molecule has 0 saturated carbocycles. The zero-order valence-corrected chi connectivity index (χ0v) is 20.4. The van der Waals surface area contributed by atoms with Crippen molar-refractivity contribution >= 4 is 38.9 Å². The van der Waals surface area contributed by atoms with Crippen molar-refractivity contribution in [3.8, 4) is 5.75 Å². The van der Waals surface area contributed by atoms with E-state index in [9.17, 15) is 13.2 Å². The molecular weight excluding hydrogens is 462 g/mol. The Labute approximate surface area is 200 Å². The van der Waals surface area contributed by atoms with Crippen molar-refractivity contribution in [3.05, 3.63) is 54.1 Å². The number of hydrogen-bond donors (Lipinski definition) is 2. The van der Waals surface area contributed by atoms with Crippen LogP contribution in [0, 0.1) is 5.92 Å². The summed E-state index contributed by atoms with van der Waals surface area (Å²) < 4.78 is 37.7. The van der Waals surface area contributed by atoms with Crippen LogP contribution in [0.5, 0.6) is 5.75 Å². The fraction of sp³-hybridized carbons (Fsp3) is 0.391. The molecule has 10 heteroatoms. The molecule has 8 nitrogen and oxygen atoms in total. The van der Waals surface area contributed by atoms with Crippen LogP contribution in [0.25, 0.3) is 0 Å². The molecule has 0 bridgehead atoms. The van der Waals surface area contributed by atoms with E-state index in [0.717, 1.165) is 6.42 Å². The summed E-state index contributed by atoms with van der Waals surface area (Å²) in [7, 11) is -3.56. The maximum Gasteiger partial charge on any atom is 0.257 e. The van der Waals surface area contributed by atoms with Crippen molar-refractivity contribution in [2.75, 3.05) is 38.2 Å². The molecule has 0 radical (unpaired) electrons. The SMILES string of the molecule is CC(C)CCOc1ccc(C(=O)NC(=S)Nc2ccc(S(=O)(=O)N3CCOCC3)cc2)cc1. The standard InChI is InChI=1S/C23H29N3O5S2/c1-17(2)11-14-31-20-7-3-18(4-8-20)22(27)25-23(32)24-19-5-9-21(10-6-19)33(28,29)26-12-15-30-16-13-26/h3-10,17H,11-16H2,1-2H3,(H2,24,25,27,32). The van der Waals surface area contributed by atoms with E-state index in [-0.39, 0.29) is 15.9 Å².